The Balaban J connectivity index is 1.41. The van der Waals surface area contributed by atoms with Crippen LogP contribution in [-0.2, 0) is 0 Å². The molecular formula is C23H30N2O2S. The van der Waals surface area contributed by atoms with Gasteiger partial charge in [0.05, 0.1) is 12.1 Å². The quantitative estimate of drug-likeness (QED) is 0.613. The molecule has 2 aromatic carbocycles. The van der Waals surface area contributed by atoms with E-state index in [1.165, 1.54) is 24.0 Å². The van der Waals surface area contributed by atoms with Crippen LogP contribution < -0.4 is 20.1 Å². The lowest BCUT2D eigenvalue weighted by atomic mass is 10.1. The van der Waals surface area contributed by atoms with E-state index < -0.39 is 0 Å². The van der Waals surface area contributed by atoms with Crippen molar-refractivity contribution in [2.45, 2.75) is 58.6 Å². The molecule has 28 heavy (non-hydrogen) atoms. The highest BCUT2D eigenvalue weighted by Gasteiger charge is 2.16. The monoisotopic (exact) mass is 398 g/mol. The Morgan fingerprint density at radius 3 is 2.39 bits per heavy atom. The van der Waals surface area contributed by atoms with Gasteiger partial charge in [0, 0.05) is 5.69 Å². The molecule has 0 amide bonds. The van der Waals surface area contributed by atoms with Crippen LogP contribution in [0.15, 0.2) is 42.5 Å². The van der Waals surface area contributed by atoms with Gasteiger partial charge in [0.1, 0.15) is 18.1 Å². The van der Waals surface area contributed by atoms with Crippen LogP contribution in [0.2, 0.25) is 0 Å². The third-order valence-corrected chi connectivity index (χ3v) is 5.29. The highest BCUT2D eigenvalue weighted by Crippen LogP contribution is 2.25. The van der Waals surface area contributed by atoms with Crippen LogP contribution in [0.5, 0.6) is 11.5 Å². The number of thiocarbonyl (C=S) groups is 1. The van der Waals surface area contributed by atoms with Crippen molar-refractivity contribution in [3.8, 4) is 11.5 Å². The van der Waals surface area contributed by atoms with E-state index in [-0.39, 0.29) is 6.04 Å². The molecular weight excluding hydrogens is 368 g/mol. The van der Waals surface area contributed by atoms with Crippen LogP contribution >= 0.6 is 12.2 Å². The minimum absolute atomic E-state index is 0.0894. The summed E-state index contributed by atoms with van der Waals surface area (Å²) < 4.78 is 11.9. The fraction of sp³-hybridized carbons (Fsp3) is 0.435. The van der Waals surface area contributed by atoms with Crippen molar-refractivity contribution >= 4 is 23.0 Å². The third kappa shape index (κ3) is 6.13. The molecule has 3 rings (SSSR count). The average molecular weight is 399 g/mol. The van der Waals surface area contributed by atoms with E-state index in [1.807, 2.05) is 37.3 Å². The first-order valence-electron chi connectivity index (χ1n) is 10.0. The minimum Gasteiger partial charge on any atom is -0.491 e. The van der Waals surface area contributed by atoms with Gasteiger partial charge in [0.25, 0.3) is 0 Å². The number of rotatable bonds is 7. The number of benzene rings is 2. The van der Waals surface area contributed by atoms with E-state index in [1.54, 1.807) is 0 Å². The maximum absolute atomic E-state index is 6.00. The molecule has 0 heterocycles. The Hall–Kier alpha value is -2.27. The average Bonchev–Trinajstić information content (AvgIpc) is 3.17. The molecule has 150 valence electrons. The van der Waals surface area contributed by atoms with E-state index in [0.29, 0.717) is 17.8 Å². The van der Waals surface area contributed by atoms with Crippen LogP contribution in [-0.4, -0.2) is 23.9 Å². The summed E-state index contributed by atoms with van der Waals surface area (Å²) >= 11 is 5.42. The SMILES string of the molecule is Cc1ccc(OC[C@H](C)NC(=S)Nc2ccc(OC3CCCC3)cc2)cc1C. The Bertz CT molecular complexity index is 786. The number of anilines is 1. The van der Waals surface area contributed by atoms with Crippen LogP contribution in [0.3, 0.4) is 0 Å². The summed E-state index contributed by atoms with van der Waals surface area (Å²) in [6.45, 7) is 6.78. The summed E-state index contributed by atoms with van der Waals surface area (Å²) in [5.41, 5.74) is 3.44. The van der Waals surface area contributed by atoms with Gasteiger partial charge in [-0.3, -0.25) is 0 Å². The fourth-order valence-electron chi connectivity index (χ4n) is 3.27. The number of hydrogen-bond acceptors (Lipinski definition) is 3. The van der Waals surface area contributed by atoms with Crippen molar-refractivity contribution in [2.24, 2.45) is 0 Å². The summed E-state index contributed by atoms with van der Waals surface area (Å²) in [6.07, 6.45) is 5.25. The number of ether oxygens (including phenoxy) is 2. The van der Waals surface area contributed by atoms with Gasteiger partial charge in [-0.2, -0.15) is 0 Å². The van der Waals surface area contributed by atoms with Gasteiger partial charge >= 0.3 is 0 Å². The van der Waals surface area contributed by atoms with Crippen molar-refractivity contribution in [2.75, 3.05) is 11.9 Å². The molecule has 5 heteroatoms. The van der Waals surface area contributed by atoms with Gasteiger partial charge in [0.15, 0.2) is 5.11 Å². The molecule has 0 aliphatic heterocycles. The lowest BCUT2D eigenvalue weighted by Crippen LogP contribution is -2.39. The van der Waals surface area contributed by atoms with E-state index in [2.05, 4.69) is 36.6 Å². The highest BCUT2D eigenvalue weighted by molar-refractivity contribution is 7.80. The lowest BCUT2D eigenvalue weighted by Gasteiger charge is -2.18. The van der Waals surface area contributed by atoms with E-state index in [0.717, 1.165) is 30.0 Å². The summed E-state index contributed by atoms with van der Waals surface area (Å²) in [7, 11) is 0. The van der Waals surface area contributed by atoms with E-state index in [4.69, 9.17) is 21.7 Å². The Labute approximate surface area is 173 Å². The highest BCUT2D eigenvalue weighted by atomic mass is 32.1. The zero-order chi connectivity index (χ0) is 19.9. The number of aryl methyl sites for hydroxylation is 2. The van der Waals surface area contributed by atoms with Crippen molar-refractivity contribution in [3.05, 3.63) is 53.6 Å². The van der Waals surface area contributed by atoms with Crippen molar-refractivity contribution < 1.29 is 9.47 Å². The summed E-state index contributed by atoms with van der Waals surface area (Å²) in [5, 5.41) is 7.06. The first-order chi connectivity index (χ1) is 13.5. The molecule has 1 fully saturated rings. The molecule has 1 aliphatic carbocycles. The summed E-state index contributed by atoms with van der Waals surface area (Å²) in [4.78, 5) is 0. The Morgan fingerprint density at radius 1 is 1.04 bits per heavy atom. The first-order valence-corrected chi connectivity index (χ1v) is 10.4. The molecule has 0 unspecified atom stereocenters. The molecule has 2 N–H and O–H groups in total. The van der Waals surface area contributed by atoms with Crippen LogP contribution in [0.4, 0.5) is 5.69 Å². The number of nitrogens with one attached hydrogen (secondary N) is 2. The van der Waals surface area contributed by atoms with Gasteiger partial charge in [-0.15, -0.1) is 0 Å². The normalized spacial score (nSPS) is 15.1. The van der Waals surface area contributed by atoms with Crippen molar-refractivity contribution in [1.82, 2.24) is 5.32 Å². The molecule has 0 aromatic heterocycles. The minimum atomic E-state index is 0.0894. The third-order valence-electron chi connectivity index (χ3n) is 5.07. The van der Waals surface area contributed by atoms with Crippen LogP contribution in [0, 0.1) is 13.8 Å². The second kappa shape index (κ2) is 9.78. The van der Waals surface area contributed by atoms with Gasteiger partial charge in [0.2, 0.25) is 0 Å². The molecule has 0 spiro atoms. The van der Waals surface area contributed by atoms with Crippen LogP contribution in [0.25, 0.3) is 0 Å². The second-order valence-corrected chi connectivity index (χ2v) is 8.01. The number of hydrogen-bond donors (Lipinski definition) is 2. The standard InChI is InChI=1S/C23H30N2O2S/c1-16-8-11-22(14-17(16)2)26-15-18(3)24-23(28)25-19-9-12-21(13-10-19)27-20-6-4-5-7-20/h8-14,18,20H,4-7,15H2,1-3H3,(H2,24,25,28)/t18-/m0/s1. The molecule has 4 nitrogen and oxygen atoms in total. The van der Waals surface area contributed by atoms with Gasteiger partial charge in [-0.05, 0) is 106 Å². The zero-order valence-corrected chi connectivity index (χ0v) is 17.8. The predicted molar refractivity (Wildman–Crippen MR) is 120 cm³/mol. The van der Waals surface area contributed by atoms with Crippen LogP contribution in [0.1, 0.15) is 43.7 Å². The summed E-state index contributed by atoms with van der Waals surface area (Å²) in [5.74, 6) is 1.81. The predicted octanol–water partition coefficient (Wildman–Crippen LogP) is 5.38. The molecule has 1 atom stereocenters. The molecule has 2 aromatic rings. The van der Waals surface area contributed by atoms with Gasteiger partial charge in [-0.1, -0.05) is 6.07 Å². The van der Waals surface area contributed by atoms with Crippen molar-refractivity contribution in [1.29, 1.82) is 0 Å². The first kappa shape index (κ1) is 20.5. The molecule has 0 bridgehead atoms. The Kier molecular flexibility index (Phi) is 7.15. The molecule has 1 saturated carbocycles. The fourth-order valence-corrected chi connectivity index (χ4v) is 3.59. The second-order valence-electron chi connectivity index (χ2n) is 7.61. The smallest absolute Gasteiger partial charge is 0.171 e. The maximum Gasteiger partial charge on any atom is 0.171 e. The van der Waals surface area contributed by atoms with Gasteiger partial charge < -0.3 is 20.1 Å². The largest absolute Gasteiger partial charge is 0.491 e. The van der Waals surface area contributed by atoms with Gasteiger partial charge in [-0.25, -0.2) is 0 Å². The zero-order valence-electron chi connectivity index (χ0n) is 17.0. The molecule has 1 aliphatic rings. The summed E-state index contributed by atoms with van der Waals surface area (Å²) in [6, 6.07) is 14.2. The van der Waals surface area contributed by atoms with Crippen molar-refractivity contribution in [3.63, 3.8) is 0 Å². The lowest BCUT2D eigenvalue weighted by molar-refractivity contribution is 0.210. The topological polar surface area (TPSA) is 42.5 Å². The maximum atomic E-state index is 6.00. The van der Waals surface area contributed by atoms with E-state index in [9.17, 15) is 0 Å². The van der Waals surface area contributed by atoms with E-state index >= 15 is 0 Å². The molecule has 0 saturated heterocycles. The molecule has 0 radical (unpaired) electrons. The Morgan fingerprint density at radius 2 is 1.71 bits per heavy atom.